The number of rotatable bonds is 47. The third kappa shape index (κ3) is 26.7. The maximum absolute atomic E-state index is 13.3. The van der Waals surface area contributed by atoms with Crippen molar-refractivity contribution in [1.82, 2.24) is 10.6 Å². The summed E-state index contributed by atoms with van der Waals surface area (Å²) < 4.78 is 34.7. The van der Waals surface area contributed by atoms with Gasteiger partial charge in [-0.1, -0.05) is 180 Å². The fraction of sp³-hybridized carbons (Fsp3) is 0.918. The average Bonchev–Trinajstić information content (AvgIpc) is 1.79. The van der Waals surface area contributed by atoms with Gasteiger partial charge in [0.05, 0.1) is 50.7 Å². The number of allylic oxidation sites excluding steroid dienone is 2. The highest BCUT2D eigenvalue weighted by molar-refractivity contribution is 5.77. The summed E-state index contributed by atoms with van der Waals surface area (Å²) in [4.78, 5) is 38.3. The van der Waals surface area contributed by atoms with Crippen molar-refractivity contribution in [3.63, 3.8) is 0 Å². The van der Waals surface area contributed by atoms with Gasteiger partial charge in [-0.3, -0.25) is 9.59 Å². The van der Waals surface area contributed by atoms with Crippen molar-refractivity contribution in [3.8, 4) is 0 Å². The van der Waals surface area contributed by atoms with Gasteiger partial charge in [0.1, 0.15) is 67.1 Å². The molecule has 492 valence electrons. The normalized spacial score (nSPS) is 29.8. The molecule has 0 saturated carbocycles. The Hall–Kier alpha value is -2.53. The van der Waals surface area contributed by atoms with E-state index in [1.165, 1.54) is 116 Å². The van der Waals surface area contributed by atoms with Crippen LogP contribution in [-0.2, 0) is 42.8 Å². The van der Waals surface area contributed by atoms with E-state index in [4.69, 9.17) is 28.4 Å². The molecule has 84 heavy (non-hydrogen) atoms. The first kappa shape index (κ1) is 75.7. The minimum absolute atomic E-state index is 0.175. The number of aliphatic carboxylic acids is 1. The van der Waals surface area contributed by atoms with Crippen LogP contribution < -0.4 is 10.6 Å². The van der Waals surface area contributed by atoms with Gasteiger partial charge in [-0.15, -0.1) is 0 Å². The zero-order valence-electron chi connectivity index (χ0n) is 50.8. The van der Waals surface area contributed by atoms with Crippen LogP contribution in [0.5, 0.6) is 0 Å². The molecular weight excluding hydrogens is 1100 g/mol. The van der Waals surface area contributed by atoms with Crippen LogP contribution >= 0.6 is 0 Å². The molecule has 3 fully saturated rings. The number of carbonyl (C=O) groups is 3. The number of hydrogen-bond acceptors (Lipinski definition) is 20. The summed E-state index contributed by atoms with van der Waals surface area (Å²) in [6, 6.07) is -2.54. The second-order valence-electron chi connectivity index (χ2n) is 23.6. The predicted molar refractivity (Wildman–Crippen MR) is 311 cm³/mol. The van der Waals surface area contributed by atoms with Gasteiger partial charge >= 0.3 is 5.97 Å². The minimum Gasteiger partial charge on any atom is -0.477 e. The molecule has 18 unspecified atom stereocenters. The number of ether oxygens (including phenoxy) is 6. The molecule has 0 aromatic rings. The quantitative estimate of drug-likeness (QED) is 0.0303. The fourth-order valence-corrected chi connectivity index (χ4v) is 11.3. The first-order valence-corrected chi connectivity index (χ1v) is 32.0. The van der Waals surface area contributed by atoms with Crippen LogP contribution in [0, 0.1) is 0 Å². The summed E-state index contributed by atoms with van der Waals surface area (Å²) in [5, 5.41) is 136. The lowest BCUT2D eigenvalue weighted by atomic mass is 9.88. The zero-order chi connectivity index (χ0) is 61.9. The highest BCUT2D eigenvalue weighted by Gasteiger charge is 2.60. The van der Waals surface area contributed by atoms with Crippen molar-refractivity contribution in [2.75, 3.05) is 26.4 Å². The van der Waals surface area contributed by atoms with E-state index in [9.17, 15) is 75.7 Å². The molecule has 3 rings (SSSR count). The highest BCUT2D eigenvalue weighted by Crippen LogP contribution is 2.38. The molecule has 0 aromatic carbocycles. The lowest BCUT2D eigenvalue weighted by Crippen LogP contribution is -2.70. The van der Waals surface area contributed by atoms with Gasteiger partial charge in [-0.05, 0) is 32.1 Å². The Labute approximate surface area is 499 Å². The number of carbonyl (C=O) groups excluding carboxylic acids is 2. The van der Waals surface area contributed by atoms with E-state index in [-0.39, 0.29) is 18.9 Å². The zero-order valence-corrected chi connectivity index (χ0v) is 50.8. The summed E-state index contributed by atoms with van der Waals surface area (Å²) in [5.41, 5.74) is 0. The number of aliphatic hydroxyl groups excluding tert-OH is 11. The van der Waals surface area contributed by atoms with Crippen molar-refractivity contribution in [1.29, 1.82) is 0 Å². The standard InChI is InChI=1S/C61H112N2O21/c1-4-6-8-10-12-14-15-16-17-18-19-20-21-22-23-24-25-27-28-30-32-34-43(68)42(63-48(71)35-33-31-29-26-13-11-9-7-5-2)40-79-58-53(75)52(74)55(47(39-66)81-58)82-59-54(76)57(51(73)46(38-65)80-59)84-61(60(77)78)36-44(69)49(62-41(3)67)56(83-61)50(72)45(70)37-64/h26,29,42-47,49-59,64-66,68-70,72-76H,4-25,27-28,30-40H2,1-3H3,(H,62,67)(H,63,71)(H,77,78)/b29-26-. The third-order valence-corrected chi connectivity index (χ3v) is 16.5. The van der Waals surface area contributed by atoms with Crippen LogP contribution in [0.1, 0.15) is 220 Å². The molecule has 3 aliphatic heterocycles. The number of unbranched alkanes of at least 4 members (excludes halogenated alkanes) is 25. The van der Waals surface area contributed by atoms with Crippen LogP contribution in [0.15, 0.2) is 12.2 Å². The summed E-state index contributed by atoms with van der Waals surface area (Å²) in [5.74, 6) is -6.14. The number of nitrogens with one attached hydrogen (secondary N) is 2. The monoisotopic (exact) mass is 1210 g/mol. The highest BCUT2D eigenvalue weighted by atomic mass is 16.8. The molecule has 0 aliphatic carbocycles. The smallest absolute Gasteiger partial charge is 0.364 e. The summed E-state index contributed by atoms with van der Waals surface area (Å²) in [6.07, 6.45) is 8.38. The lowest BCUT2D eigenvalue weighted by Gasteiger charge is -2.50. The Kier molecular flexibility index (Phi) is 38.9. The Balaban J connectivity index is 1.60. The van der Waals surface area contributed by atoms with Gasteiger partial charge in [-0.2, -0.15) is 0 Å². The molecule has 3 saturated heterocycles. The molecule has 18 atom stereocenters. The maximum atomic E-state index is 13.3. The van der Waals surface area contributed by atoms with Gasteiger partial charge in [-0.25, -0.2) is 4.79 Å². The number of carboxylic acid groups (broad SMARTS) is 1. The molecule has 23 nitrogen and oxygen atoms in total. The Morgan fingerprint density at radius 3 is 1.61 bits per heavy atom. The van der Waals surface area contributed by atoms with Gasteiger partial charge in [0.25, 0.3) is 5.79 Å². The molecule has 14 N–H and O–H groups in total. The molecule has 0 spiro atoms. The largest absolute Gasteiger partial charge is 0.477 e. The molecule has 3 aliphatic rings. The van der Waals surface area contributed by atoms with E-state index in [2.05, 4.69) is 36.6 Å². The van der Waals surface area contributed by atoms with Crippen LogP contribution in [0.3, 0.4) is 0 Å². The third-order valence-electron chi connectivity index (χ3n) is 16.5. The van der Waals surface area contributed by atoms with E-state index in [1.54, 1.807) is 0 Å². The van der Waals surface area contributed by atoms with Gasteiger partial charge in [0.15, 0.2) is 12.6 Å². The molecular formula is C61H112N2O21. The second kappa shape index (κ2) is 43.2. The number of amides is 2. The van der Waals surface area contributed by atoms with Crippen LogP contribution in [0.4, 0.5) is 0 Å². The van der Waals surface area contributed by atoms with Gasteiger partial charge in [0, 0.05) is 19.8 Å². The van der Waals surface area contributed by atoms with Crippen molar-refractivity contribution >= 4 is 17.8 Å². The van der Waals surface area contributed by atoms with Crippen LogP contribution in [0.2, 0.25) is 0 Å². The second-order valence-corrected chi connectivity index (χ2v) is 23.6. The SMILES string of the molecule is CCCCCC/C=C\CCCC(=O)NC(COC1OC(CO)C(OC2OC(CO)C(O)C(OC3(C(=O)O)CC(O)C(NC(C)=O)C(C(O)C(O)CO)O3)C2O)C(O)C1O)C(O)CCCCCCCCCCCCCCCCCCCCCCC. The Morgan fingerprint density at radius 2 is 1.11 bits per heavy atom. The van der Waals surface area contributed by atoms with Crippen molar-refractivity contribution in [2.45, 2.75) is 330 Å². The molecule has 23 heteroatoms. The number of hydrogen-bond donors (Lipinski definition) is 14. The van der Waals surface area contributed by atoms with Crippen molar-refractivity contribution in [2.24, 2.45) is 0 Å². The number of aliphatic hydroxyl groups is 11. The molecule has 3 heterocycles. The van der Waals surface area contributed by atoms with E-state index < -0.39 is 148 Å². The maximum Gasteiger partial charge on any atom is 0.364 e. The summed E-state index contributed by atoms with van der Waals surface area (Å²) in [6.45, 7) is 2.12. The van der Waals surface area contributed by atoms with Crippen molar-refractivity contribution in [3.05, 3.63) is 12.2 Å². The van der Waals surface area contributed by atoms with E-state index in [1.807, 2.05) is 0 Å². The minimum atomic E-state index is -3.08. The Morgan fingerprint density at radius 1 is 0.607 bits per heavy atom. The molecule has 0 radical (unpaired) electrons. The van der Waals surface area contributed by atoms with Gasteiger partial charge < -0.3 is 100 Å². The fourth-order valence-electron chi connectivity index (χ4n) is 11.3. The van der Waals surface area contributed by atoms with E-state index >= 15 is 0 Å². The molecule has 0 aromatic heterocycles. The first-order valence-electron chi connectivity index (χ1n) is 32.0. The molecule has 2 amide bonds. The summed E-state index contributed by atoms with van der Waals surface area (Å²) >= 11 is 0. The van der Waals surface area contributed by atoms with E-state index in [0.29, 0.717) is 25.7 Å². The van der Waals surface area contributed by atoms with E-state index in [0.717, 1.165) is 51.9 Å². The molecule has 0 bridgehead atoms. The number of carboxylic acids is 1. The van der Waals surface area contributed by atoms with Gasteiger partial charge in [0.2, 0.25) is 11.8 Å². The topological polar surface area (TPSA) is 373 Å². The van der Waals surface area contributed by atoms with Crippen molar-refractivity contribution < 1.29 is 104 Å². The average molecular weight is 1210 g/mol. The first-order chi connectivity index (χ1) is 40.4. The summed E-state index contributed by atoms with van der Waals surface area (Å²) in [7, 11) is 0. The lowest BCUT2D eigenvalue weighted by molar-refractivity contribution is -0.386. The predicted octanol–water partition coefficient (Wildman–Crippen LogP) is 3.95. The van der Waals surface area contributed by atoms with Crippen LogP contribution in [0.25, 0.3) is 0 Å². The Bertz CT molecular complexity index is 1770. The van der Waals surface area contributed by atoms with Crippen LogP contribution in [-0.4, -0.2) is 215 Å².